The number of fused-ring (bicyclic) bond motifs is 2. The van der Waals surface area contributed by atoms with Gasteiger partial charge in [-0.1, -0.05) is 45.9 Å². The number of aromatic nitrogens is 2. The predicted molar refractivity (Wildman–Crippen MR) is 182 cm³/mol. The largest absolute Gasteiger partial charge is 0.348 e. The molecule has 4 heterocycles. The lowest BCUT2D eigenvalue weighted by molar-refractivity contribution is -0.133. The van der Waals surface area contributed by atoms with Crippen molar-refractivity contribution in [3.8, 4) is 0 Å². The van der Waals surface area contributed by atoms with Crippen molar-refractivity contribution in [3.63, 3.8) is 0 Å². The highest BCUT2D eigenvalue weighted by Gasteiger charge is 2.29. The van der Waals surface area contributed by atoms with Crippen LogP contribution in [0.15, 0.2) is 36.4 Å². The van der Waals surface area contributed by atoms with Gasteiger partial charge in [0.25, 0.3) is 0 Å². The number of carbonyl (C=O) groups excluding carboxylic acids is 2. The zero-order valence-corrected chi connectivity index (χ0v) is 28.0. The Balaban J connectivity index is 0.00000384. The van der Waals surface area contributed by atoms with Gasteiger partial charge in [-0.2, -0.15) is 0 Å². The third-order valence-corrected chi connectivity index (χ3v) is 11.5. The number of benzene rings is 2. The molecule has 2 fully saturated rings. The Bertz CT molecular complexity index is 1500. The zero-order chi connectivity index (χ0) is 30.1. The Kier molecular flexibility index (Phi) is 10.5. The summed E-state index contributed by atoms with van der Waals surface area (Å²) < 4.78 is 2.25. The summed E-state index contributed by atoms with van der Waals surface area (Å²) in [5.41, 5.74) is 1.85. The first-order chi connectivity index (χ1) is 20.7. The first kappa shape index (κ1) is 32.7. The van der Waals surface area contributed by atoms with Gasteiger partial charge in [0, 0.05) is 75.2 Å². The van der Waals surface area contributed by atoms with Crippen molar-refractivity contribution in [2.75, 3.05) is 50.1 Å². The first-order valence-electron chi connectivity index (χ1n) is 14.9. The molecule has 8 nitrogen and oxygen atoms in total. The number of carbonyl (C=O) groups is 2. The Morgan fingerprint density at radius 2 is 1.14 bits per heavy atom. The molecule has 0 spiro atoms. The summed E-state index contributed by atoms with van der Waals surface area (Å²) in [7, 11) is 4.18. The summed E-state index contributed by atoms with van der Waals surface area (Å²) in [6.07, 6.45) is 5.08. The van der Waals surface area contributed by atoms with Crippen LogP contribution in [0.1, 0.15) is 44.9 Å². The van der Waals surface area contributed by atoms with E-state index in [9.17, 15) is 9.59 Å². The van der Waals surface area contributed by atoms with Gasteiger partial charge in [0.15, 0.2) is 10.3 Å². The van der Waals surface area contributed by atoms with Crippen molar-refractivity contribution in [2.45, 2.75) is 57.0 Å². The van der Waals surface area contributed by atoms with E-state index >= 15 is 0 Å². The average Bonchev–Trinajstić information content (AvgIpc) is 3.64. The molecule has 0 aliphatic carbocycles. The molecule has 2 aliphatic heterocycles. The van der Waals surface area contributed by atoms with Crippen LogP contribution < -0.4 is 9.80 Å². The molecule has 2 aliphatic rings. The van der Waals surface area contributed by atoms with E-state index in [4.69, 9.17) is 33.2 Å². The van der Waals surface area contributed by atoms with Gasteiger partial charge in [0.05, 0.1) is 20.4 Å². The van der Waals surface area contributed by atoms with E-state index in [0.29, 0.717) is 41.4 Å². The number of hydrogen-bond acceptors (Lipinski definition) is 8. The maximum absolute atomic E-state index is 12.9. The van der Waals surface area contributed by atoms with Gasteiger partial charge in [-0.25, -0.2) is 9.97 Å². The van der Waals surface area contributed by atoms with Crippen LogP contribution in [0.2, 0.25) is 10.0 Å². The predicted octanol–water partition coefficient (Wildman–Crippen LogP) is 7.09. The van der Waals surface area contributed by atoms with Crippen LogP contribution in [-0.2, 0) is 9.59 Å². The van der Waals surface area contributed by atoms with Crippen LogP contribution in [0.4, 0.5) is 15.0 Å². The molecule has 0 radical (unpaired) electrons. The van der Waals surface area contributed by atoms with Crippen LogP contribution in [-0.4, -0.2) is 83.9 Å². The molecule has 0 bridgehead atoms. The topological polar surface area (TPSA) is 72.9 Å². The minimum absolute atomic E-state index is 0. The Hall–Kier alpha value is -2.73. The van der Waals surface area contributed by atoms with Gasteiger partial charge in [-0.15, -0.1) is 0 Å². The molecule has 6 rings (SSSR count). The number of thiazole rings is 2. The van der Waals surface area contributed by atoms with Crippen molar-refractivity contribution < 1.29 is 14.3 Å². The van der Waals surface area contributed by atoms with Crippen LogP contribution in [0.3, 0.4) is 0 Å². The summed E-state index contributed by atoms with van der Waals surface area (Å²) >= 11 is 15.6. The fraction of sp³-hybridized carbons (Fsp3) is 0.484. The number of rotatable bonds is 8. The van der Waals surface area contributed by atoms with Gasteiger partial charge < -0.3 is 19.6 Å². The van der Waals surface area contributed by atoms with Gasteiger partial charge in [-0.05, 0) is 68.5 Å². The summed E-state index contributed by atoms with van der Waals surface area (Å²) in [6.45, 7) is 2.95. The van der Waals surface area contributed by atoms with Crippen LogP contribution in [0.5, 0.6) is 0 Å². The highest BCUT2D eigenvalue weighted by molar-refractivity contribution is 7.22. The lowest BCUT2D eigenvalue weighted by atomic mass is 10.0. The Morgan fingerprint density at radius 3 is 1.52 bits per heavy atom. The molecule has 2 amide bonds. The van der Waals surface area contributed by atoms with Gasteiger partial charge in [0.2, 0.25) is 11.8 Å². The lowest BCUT2D eigenvalue weighted by Crippen LogP contribution is -2.46. The second kappa shape index (κ2) is 14.1. The third-order valence-electron chi connectivity index (χ3n) is 8.79. The first-order valence-corrected chi connectivity index (χ1v) is 17.3. The number of piperidine rings is 2. The van der Waals surface area contributed by atoms with Crippen molar-refractivity contribution >= 4 is 88.4 Å². The van der Waals surface area contributed by atoms with Crippen LogP contribution >= 0.6 is 45.9 Å². The van der Waals surface area contributed by atoms with Crippen molar-refractivity contribution in [1.82, 2.24) is 19.8 Å². The molecule has 2 aromatic carbocycles. The normalized spacial score (nSPS) is 16.4. The molecule has 4 aromatic rings. The summed E-state index contributed by atoms with van der Waals surface area (Å²) in [6, 6.07) is 12.3. The standard InChI is InChI=1S/C31H36Cl2N6O2S2.FH/c1-36(30-34-24-18-20(32)6-8-26(24)42-30)22-10-14-38(15-11-22)28(40)4-3-5-29(41)39-16-12-23(13-17-39)37(2)31-35-25-19-21(33)7-9-27(25)43-31;/h6-9,18-19,22-23H,3-5,10-17H2,1-2H3;1H. The third kappa shape index (κ3) is 7.22. The lowest BCUT2D eigenvalue weighted by Gasteiger charge is -2.37. The molecule has 2 aromatic heterocycles. The number of anilines is 2. The molecule has 13 heteroatoms. The van der Waals surface area contributed by atoms with Crippen molar-refractivity contribution in [1.29, 1.82) is 0 Å². The number of amides is 2. The second-order valence-electron chi connectivity index (χ2n) is 11.5. The Labute approximate surface area is 274 Å². The van der Waals surface area contributed by atoms with E-state index in [1.165, 1.54) is 0 Å². The fourth-order valence-electron chi connectivity index (χ4n) is 6.10. The summed E-state index contributed by atoms with van der Waals surface area (Å²) in [5.74, 6) is 0.307. The van der Waals surface area contributed by atoms with Gasteiger partial charge >= 0.3 is 0 Å². The molecule has 0 saturated carbocycles. The molecule has 236 valence electrons. The Morgan fingerprint density at radius 1 is 0.750 bits per heavy atom. The molecule has 0 unspecified atom stereocenters. The SMILES string of the molecule is CN(c1nc2cc(Cl)ccc2s1)C1CCN(C(=O)CCCC(=O)N2CCC(N(C)c3nc4cc(Cl)ccc4s3)CC2)CC1.F. The smallest absolute Gasteiger partial charge is 0.222 e. The minimum atomic E-state index is 0. The van der Waals surface area contributed by atoms with E-state index in [-0.39, 0.29) is 16.5 Å². The van der Waals surface area contributed by atoms with E-state index < -0.39 is 0 Å². The summed E-state index contributed by atoms with van der Waals surface area (Å²) in [4.78, 5) is 43.8. The second-order valence-corrected chi connectivity index (χ2v) is 14.4. The maximum Gasteiger partial charge on any atom is 0.222 e. The van der Waals surface area contributed by atoms with Crippen LogP contribution in [0.25, 0.3) is 20.4 Å². The van der Waals surface area contributed by atoms with E-state index in [0.717, 1.165) is 82.6 Å². The number of nitrogens with zero attached hydrogens (tertiary/aromatic N) is 6. The number of halogens is 3. The minimum Gasteiger partial charge on any atom is -0.348 e. The van der Waals surface area contributed by atoms with E-state index in [1.807, 2.05) is 46.2 Å². The number of hydrogen-bond donors (Lipinski definition) is 0. The van der Waals surface area contributed by atoms with Gasteiger partial charge in [0.1, 0.15) is 0 Å². The van der Waals surface area contributed by atoms with E-state index in [1.54, 1.807) is 22.7 Å². The van der Waals surface area contributed by atoms with Gasteiger partial charge in [-0.3, -0.25) is 14.3 Å². The molecule has 44 heavy (non-hydrogen) atoms. The molecular formula is C31H37Cl2FN6O2S2. The fourth-order valence-corrected chi connectivity index (χ4v) is 8.39. The molecule has 0 atom stereocenters. The molecule has 0 N–H and O–H groups in total. The zero-order valence-electron chi connectivity index (χ0n) is 24.9. The average molecular weight is 680 g/mol. The maximum atomic E-state index is 12.9. The van der Waals surface area contributed by atoms with E-state index in [2.05, 4.69) is 23.9 Å². The highest BCUT2D eigenvalue weighted by atomic mass is 35.5. The molecule has 2 saturated heterocycles. The summed E-state index contributed by atoms with van der Waals surface area (Å²) in [5, 5.41) is 3.36. The number of likely N-dealkylation sites (tertiary alicyclic amines) is 2. The highest BCUT2D eigenvalue weighted by Crippen LogP contribution is 2.34. The quantitative estimate of drug-likeness (QED) is 0.198. The molecular weight excluding hydrogens is 642 g/mol. The van der Waals surface area contributed by atoms with Crippen molar-refractivity contribution in [3.05, 3.63) is 46.4 Å². The monoisotopic (exact) mass is 678 g/mol. The van der Waals surface area contributed by atoms with Crippen LogP contribution in [0, 0.1) is 0 Å². The van der Waals surface area contributed by atoms with Crippen molar-refractivity contribution in [2.24, 2.45) is 0 Å².